The fourth-order valence-electron chi connectivity index (χ4n) is 2.02. The van der Waals surface area contributed by atoms with Gasteiger partial charge in [0.1, 0.15) is 0 Å². The number of carbonyl (C=O) groups excluding carboxylic acids is 1. The van der Waals surface area contributed by atoms with E-state index in [4.69, 9.17) is 0 Å². The van der Waals surface area contributed by atoms with E-state index in [9.17, 15) is 4.79 Å². The number of hydrogen-bond donors (Lipinski definition) is 2. The van der Waals surface area contributed by atoms with Gasteiger partial charge in [0.15, 0.2) is 0 Å². The summed E-state index contributed by atoms with van der Waals surface area (Å²) in [5.74, 6) is -0.0245. The normalized spacial score (nSPS) is 11.6. The molecule has 2 aromatic heterocycles. The number of thiophene rings is 2. The lowest BCUT2D eigenvalue weighted by molar-refractivity contribution is -0.114. The summed E-state index contributed by atoms with van der Waals surface area (Å²) in [4.78, 5) is 13.7. The van der Waals surface area contributed by atoms with E-state index in [1.54, 1.807) is 22.7 Å². The number of nitrogens with one attached hydrogen (secondary N) is 2. The van der Waals surface area contributed by atoms with Gasteiger partial charge in [0.05, 0.1) is 5.69 Å². The first kappa shape index (κ1) is 15.2. The van der Waals surface area contributed by atoms with Gasteiger partial charge in [0, 0.05) is 35.2 Å². The number of rotatable bonds is 6. The lowest BCUT2D eigenvalue weighted by Crippen LogP contribution is -2.31. The number of amides is 1. The maximum atomic E-state index is 11.1. The first-order valence-corrected chi connectivity index (χ1v) is 8.33. The summed E-state index contributed by atoms with van der Waals surface area (Å²) in [5, 5.41) is 10.5. The van der Waals surface area contributed by atoms with Crippen LogP contribution in [0.5, 0.6) is 0 Å². The average molecular weight is 308 g/mol. The van der Waals surface area contributed by atoms with Crippen LogP contribution in [0.25, 0.3) is 0 Å². The molecule has 5 heteroatoms. The highest BCUT2D eigenvalue weighted by Crippen LogP contribution is 2.27. The number of carbonyl (C=O) groups is 1. The Hall–Kier alpha value is -1.17. The van der Waals surface area contributed by atoms with Crippen LogP contribution in [-0.4, -0.2) is 12.5 Å². The molecule has 1 amide bonds. The fourth-order valence-corrected chi connectivity index (χ4v) is 3.67. The minimum absolute atomic E-state index is 0.0245. The zero-order valence-corrected chi connectivity index (χ0v) is 13.7. The van der Waals surface area contributed by atoms with E-state index < -0.39 is 0 Å². The zero-order valence-electron chi connectivity index (χ0n) is 12.0. The van der Waals surface area contributed by atoms with Crippen molar-refractivity contribution in [2.45, 2.75) is 32.7 Å². The molecular weight excluding hydrogens is 288 g/mol. The molecule has 0 saturated carbocycles. The predicted molar refractivity (Wildman–Crippen MR) is 87.7 cm³/mol. The fraction of sp³-hybridized carbons (Fsp3) is 0.400. The number of hydrogen-bond acceptors (Lipinski definition) is 4. The van der Waals surface area contributed by atoms with E-state index in [1.165, 1.54) is 16.7 Å². The van der Waals surface area contributed by atoms with Crippen LogP contribution in [0.2, 0.25) is 0 Å². The Morgan fingerprint density at radius 1 is 1.25 bits per heavy atom. The Balaban J connectivity index is 1.90. The molecular formula is C15H20N2OS2. The molecule has 0 aliphatic rings. The predicted octanol–water partition coefficient (Wildman–Crippen LogP) is 3.84. The SMILES string of the molecule is CC(=O)Nc1ccsc1CNCC(C)(C)c1cccs1. The van der Waals surface area contributed by atoms with Crippen molar-refractivity contribution in [2.24, 2.45) is 0 Å². The van der Waals surface area contributed by atoms with Crippen LogP contribution in [-0.2, 0) is 16.8 Å². The van der Waals surface area contributed by atoms with Crippen LogP contribution in [0.3, 0.4) is 0 Å². The first-order chi connectivity index (χ1) is 9.49. The smallest absolute Gasteiger partial charge is 0.221 e. The highest BCUT2D eigenvalue weighted by Gasteiger charge is 2.21. The topological polar surface area (TPSA) is 41.1 Å². The average Bonchev–Trinajstić information content (AvgIpc) is 3.00. The van der Waals surface area contributed by atoms with Crippen molar-refractivity contribution in [1.82, 2.24) is 5.32 Å². The molecule has 2 heterocycles. The lowest BCUT2D eigenvalue weighted by Gasteiger charge is -2.23. The minimum Gasteiger partial charge on any atom is -0.325 e. The van der Waals surface area contributed by atoms with Crippen molar-refractivity contribution < 1.29 is 4.79 Å². The maximum absolute atomic E-state index is 11.1. The maximum Gasteiger partial charge on any atom is 0.221 e. The quantitative estimate of drug-likeness (QED) is 0.851. The van der Waals surface area contributed by atoms with Crippen LogP contribution in [0.15, 0.2) is 29.0 Å². The molecule has 0 bridgehead atoms. The molecule has 0 aromatic carbocycles. The summed E-state index contributed by atoms with van der Waals surface area (Å²) in [6.07, 6.45) is 0. The van der Waals surface area contributed by atoms with E-state index in [0.717, 1.165) is 18.8 Å². The molecule has 0 unspecified atom stereocenters. The van der Waals surface area contributed by atoms with Crippen LogP contribution in [0, 0.1) is 0 Å². The Labute approximate surface area is 128 Å². The van der Waals surface area contributed by atoms with Crippen molar-refractivity contribution in [3.63, 3.8) is 0 Å². The van der Waals surface area contributed by atoms with Crippen LogP contribution < -0.4 is 10.6 Å². The number of anilines is 1. The second-order valence-corrected chi connectivity index (χ2v) is 7.35. The molecule has 2 N–H and O–H groups in total. The summed E-state index contributed by atoms with van der Waals surface area (Å²) in [7, 11) is 0. The van der Waals surface area contributed by atoms with Gasteiger partial charge < -0.3 is 10.6 Å². The van der Waals surface area contributed by atoms with Gasteiger partial charge in [-0.15, -0.1) is 22.7 Å². The van der Waals surface area contributed by atoms with Crippen molar-refractivity contribution in [2.75, 3.05) is 11.9 Å². The van der Waals surface area contributed by atoms with Crippen LogP contribution >= 0.6 is 22.7 Å². The third kappa shape index (κ3) is 3.91. The Bertz CT molecular complexity index is 558. The Morgan fingerprint density at radius 3 is 2.70 bits per heavy atom. The van der Waals surface area contributed by atoms with Gasteiger partial charge in [-0.25, -0.2) is 0 Å². The van der Waals surface area contributed by atoms with Gasteiger partial charge in [0.25, 0.3) is 0 Å². The van der Waals surface area contributed by atoms with Crippen molar-refractivity contribution >= 4 is 34.3 Å². The van der Waals surface area contributed by atoms with Gasteiger partial charge in [0.2, 0.25) is 5.91 Å². The summed E-state index contributed by atoms with van der Waals surface area (Å²) in [5.41, 5.74) is 1.04. The van der Waals surface area contributed by atoms with E-state index >= 15 is 0 Å². The molecule has 0 fully saturated rings. The lowest BCUT2D eigenvalue weighted by atomic mass is 9.91. The summed E-state index contributed by atoms with van der Waals surface area (Å²) in [6.45, 7) is 7.71. The standard InChI is InChI=1S/C15H20N2OS2/c1-11(18)17-12-6-8-19-13(12)9-16-10-15(2,3)14-5-4-7-20-14/h4-8,16H,9-10H2,1-3H3,(H,17,18). The molecule has 3 nitrogen and oxygen atoms in total. The van der Waals surface area contributed by atoms with Crippen molar-refractivity contribution in [3.8, 4) is 0 Å². The third-order valence-corrected chi connectivity index (χ3v) is 5.25. The highest BCUT2D eigenvalue weighted by molar-refractivity contribution is 7.10. The first-order valence-electron chi connectivity index (χ1n) is 6.58. The van der Waals surface area contributed by atoms with Gasteiger partial charge in [-0.05, 0) is 22.9 Å². The molecule has 0 spiro atoms. The molecule has 108 valence electrons. The molecule has 0 aliphatic carbocycles. The van der Waals surface area contributed by atoms with Crippen molar-refractivity contribution in [1.29, 1.82) is 0 Å². The molecule has 2 rings (SSSR count). The minimum atomic E-state index is -0.0245. The molecule has 20 heavy (non-hydrogen) atoms. The van der Waals surface area contributed by atoms with Gasteiger partial charge >= 0.3 is 0 Å². The molecule has 0 aliphatic heterocycles. The Kier molecular flexibility index (Phi) is 4.96. The van der Waals surface area contributed by atoms with E-state index in [-0.39, 0.29) is 11.3 Å². The summed E-state index contributed by atoms with van der Waals surface area (Å²) >= 11 is 3.46. The monoisotopic (exact) mass is 308 g/mol. The largest absolute Gasteiger partial charge is 0.325 e. The summed E-state index contributed by atoms with van der Waals surface area (Å²) < 4.78 is 0. The van der Waals surface area contributed by atoms with E-state index in [1.807, 2.05) is 11.4 Å². The molecule has 2 aromatic rings. The summed E-state index contributed by atoms with van der Waals surface area (Å²) in [6, 6.07) is 6.23. The second-order valence-electron chi connectivity index (χ2n) is 5.40. The van der Waals surface area contributed by atoms with Crippen LogP contribution in [0.4, 0.5) is 5.69 Å². The molecule has 0 atom stereocenters. The van der Waals surface area contributed by atoms with Gasteiger partial charge in [-0.2, -0.15) is 0 Å². The molecule has 0 radical (unpaired) electrons. The second kappa shape index (κ2) is 6.52. The van der Waals surface area contributed by atoms with Crippen LogP contribution in [0.1, 0.15) is 30.5 Å². The molecule has 0 saturated heterocycles. The zero-order chi connectivity index (χ0) is 14.6. The Morgan fingerprint density at radius 2 is 2.05 bits per heavy atom. The van der Waals surface area contributed by atoms with Gasteiger partial charge in [-0.1, -0.05) is 19.9 Å². The third-order valence-electron chi connectivity index (χ3n) is 3.10. The van der Waals surface area contributed by atoms with Gasteiger partial charge in [-0.3, -0.25) is 4.79 Å². The van der Waals surface area contributed by atoms with E-state index in [0.29, 0.717) is 0 Å². The van der Waals surface area contributed by atoms with Crippen molar-refractivity contribution in [3.05, 3.63) is 38.7 Å². The highest BCUT2D eigenvalue weighted by atomic mass is 32.1. The van der Waals surface area contributed by atoms with E-state index in [2.05, 4.69) is 42.0 Å².